The molecule has 1 saturated carbocycles. The van der Waals surface area contributed by atoms with Gasteiger partial charge in [-0.1, -0.05) is 56.5 Å². The van der Waals surface area contributed by atoms with Crippen LogP contribution in [-0.4, -0.2) is 6.03 Å². The molecular weight excluding hydrogens is 272 g/mol. The van der Waals surface area contributed by atoms with Crippen molar-refractivity contribution in [2.24, 2.45) is 5.92 Å². The van der Waals surface area contributed by atoms with Gasteiger partial charge in [-0.15, -0.1) is 0 Å². The number of carbonyl (C=O) groups excluding carboxylic acids is 1. The van der Waals surface area contributed by atoms with Crippen LogP contribution in [0.4, 0.5) is 4.79 Å². The van der Waals surface area contributed by atoms with E-state index in [1.807, 2.05) is 6.92 Å². The van der Waals surface area contributed by atoms with Crippen LogP contribution in [0.15, 0.2) is 36.5 Å². The van der Waals surface area contributed by atoms with E-state index in [1.165, 1.54) is 37.7 Å². The molecule has 0 saturated heterocycles. The van der Waals surface area contributed by atoms with Crippen LogP contribution in [0.25, 0.3) is 0 Å². The fourth-order valence-electron chi connectivity index (χ4n) is 2.95. The molecule has 0 bridgehead atoms. The topological polar surface area (TPSA) is 41.1 Å². The normalized spacial score (nSPS) is 17.4. The summed E-state index contributed by atoms with van der Waals surface area (Å²) < 4.78 is 0. The highest BCUT2D eigenvalue weighted by molar-refractivity contribution is 5.75. The lowest BCUT2D eigenvalue weighted by molar-refractivity contribution is 0.241. The maximum Gasteiger partial charge on any atom is 0.319 e. The number of hydrogen-bond donors (Lipinski definition) is 2. The predicted octanol–water partition coefficient (Wildman–Crippen LogP) is 4.70. The largest absolute Gasteiger partial charge is 0.331 e. The number of aryl methyl sites for hydroxylation is 1. The van der Waals surface area contributed by atoms with Gasteiger partial charge in [0.1, 0.15) is 0 Å². The SMILES string of the molecule is CCc1ccc(C(C)NC(=O)N/C=C/C2CCCCC2)cc1. The van der Waals surface area contributed by atoms with Crippen LogP contribution >= 0.6 is 0 Å². The Morgan fingerprint density at radius 2 is 1.91 bits per heavy atom. The molecule has 1 aromatic rings. The molecule has 2 amide bonds. The summed E-state index contributed by atoms with van der Waals surface area (Å²) in [5.41, 5.74) is 2.44. The summed E-state index contributed by atoms with van der Waals surface area (Å²) in [7, 11) is 0. The maximum absolute atomic E-state index is 11.9. The number of nitrogens with one attached hydrogen (secondary N) is 2. The zero-order valence-electron chi connectivity index (χ0n) is 13.8. The number of carbonyl (C=O) groups is 1. The summed E-state index contributed by atoms with van der Waals surface area (Å²) >= 11 is 0. The van der Waals surface area contributed by atoms with E-state index in [-0.39, 0.29) is 12.1 Å². The van der Waals surface area contributed by atoms with Crippen molar-refractivity contribution in [1.29, 1.82) is 0 Å². The Bertz CT molecular complexity index is 487. The maximum atomic E-state index is 11.9. The van der Waals surface area contributed by atoms with Crippen LogP contribution in [0, 0.1) is 5.92 Å². The van der Waals surface area contributed by atoms with Gasteiger partial charge < -0.3 is 10.6 Å². The van der Waals surface area contributed by atoms with Gasteiger partial charge in [-0.3, -0.25) is 0 Å². The molecule has 1 unspecified atom stereocenters. The van der Waals surface area contributed by atoms with Gasteiger partial charge in [0.2, 0.25) is 0 Å². The first kappa shape index (κ1) is 16.6. The molecule has 3 nitrogen and oxygen atoms in total. The molecule has 1 fully saturated rings. The number of amides is 2. The Balaban J connectivity index is 1.76. The Labute approximate surface area is 134 Å². The van der Waals surface area contributed by atoms with E-state index in [0.717, 1.165) is 12.0 Å². The Morgan fingerprint density at radius 3 is 2.55 bits per heavy atom. The molecule has 0 aliphatic heterocycles. The summed E-state index contributed by atoms with van der Waals surface area (Å²) in [6.07, 6.45) is 11.5. The number of rotatable bonds is 5. The van der Waals surface area contributed by atoms with Crippen LogP contribution < -0.4 is 10.6 Å². The highest BCUT2D eigenvalue weighted by Crippen LogP contribution is 2.24. The summed E-state index contributed by atoms with van der Waals surface area (Å²) in [4.78, 5) is 11.9. The molecule has 0 radical (unpaired) electrons. The Morgan fingerprint density at radius 1 is 1.23 bits per heavy atom. The smallest absolute Gasteiger partial charge is 0.319 e. The summed E-state index contributed by atoms with van der Waals surface area (Å²) in [5, 5.41) is 5.79. The molecule has 120 valence electrons. The van der Waals surface area contributed by atoms with Crippen molar-refractivity contribution < 1.29 is 4.79 Å². The second-order valence-electron chi connectivity index (χ2n) is 6.19. The Hall–Kier alpha value is -1.77. The predicted molar refractivity (Wildman–Crippen MR) is 91.6 cm³/mol. The van der Waals surface area contributed by atoms with E-state index in [1.54, 1.807) is 6.20 Å². The average Bonchev–Trinajstić information content (AvgIpc) is 2.56. The molecule has 0 aromatic heterocycles. The van der Waals surface area contributed by atoms with E-state index in [4.69, 9.17) is 0 Å². The van der Waals surface area contributed by atoms with E-state index in [2.05, 4.69) is 47.9 Å². The molecule has 1 aromatic carbocycles. The second kappa shape index (κ2) is 8.62. The molecule has 0 heterocycles. The molecule has 3 heteroatoms. The third kappa shape index (κ3) is 5.21. The van der Waals surface area contributed by atoms with Gasteiger partial charge in [0.15, 0.2) is 0 Å². The minimum atomic E-state index is -0.140. The minimum absolute atomic E-state index is 0.00832. The highest BCUT2D eigenvalue weighted by atomic mass is 16.2. The van der Waals surface area contributed by atoms with Gasteiger partial charge in [0.05, 0.1) is 6.04 Å². The van der Waals surface area contributed by atoms with E-state index >= 15 is 0 Å². The quantitative estimate of drug-likeness (QED) is 0.813. The van der Waals surface area contributed by atoms with Crippen molar-refractivity contribution in [2.45, 2.75) is 58.4 Å². The zero-order valence-corrected chi connectivity index (χ0v) is 13.8. The summed E-state index contributed by atoms with van der Waals surface area (Å²) in [5.74, 6) is 0.632. The first-order valence-electron chi connectivity index (χ1n) is 8.51. The summed E-state index contributed by atoms with van der Waals surface area (Å²) in [6, 6.07) is 8.28. The molecule has 1 aliphatic carbocycles. The Kier molecular flexibility index (Phi) is 6.50. The van der Waals surface area contributed by atoms with Crippen molar-refractivity contribution in [1.82, 2.24) is 10.6 Å². The van der Waals surface area contributed by atoms with Crippen LogP contribution in [0.1, 0.15) is 63.1 Å². The van der Waals surface area contributed by atoms with Crippen molar-refractivity contribution in [3.8, 4) is 0 Å². The van der Waals surface area contributed by atoms with Crippen molar-refractivity contribution in [2.75, 3.05) is 0 Å². The van der Waals surface area contributed by atoms with Crippen molar-refractivity contribution in [3.05, 3.63) is 47.7 Å². The van der Waals surface area contributed by atoms with E-state index < -0.39 is 0 Å². The third-order valence-corrected chi connectivity index (χ3v) is 4.47. The van der Waals surface area contributed by atoms with Crippen LogP contribution in [0.2, 0.25) is 0 Å². The van der Waals surface area contributed by atoms with Gasteiger partial charge in [-0.25, -0.2) is 4.79 Å². The van der Waals surface area contributed by atoms with Crippen LogP contribution in [0.3, 0.4) is 0 Å². The standard InChI is InChI=1S/C19H28N2O/c1-3-16-9-11-18(12-10-16)15(2)21-19(22)20-14-13-17-7-5-4-6-8-17/h9-15,17H,3-8H2,1-2H3,(H2,20,21,22)/b14-13+. The first-order chi connectivity index (χ1) is 10.7. The highest BCUT2D eigenvalue weighted by Gasteiger charge is 2.11. The van der Waals surface area contributed by atoms with Gasteiger partial charge in [-0.2, -0.15) is 0 Å². The molecule has 0 spiro atoms. The molecule has 22 heavy (non-hydrogen) atoms. The zero-order chi connectivity index (χ0) is 15.8. The van der Waals surface area contributed by atoms with Crippen LogP contribution in [-0.2, 0) is 6.42 Å². The second-order valence-corrected chi connectivity index (χ2v) is 6.19. The third-order valence-electron chi connectivity index (χ3n) is 4.47. The molecule has 1 atom stereocenters. The molecule has 2 N–H and O–H groups in total. The molecule has 2 rings (SSSR count). The lowest BCUT2D eigenvalue weighted by Gasteiger charge is -2.18. The minimum Gasteiger partial charge on any atom is -0.331 e. The fourth-order valence-corrected chi connectivity index (χ4v) is 2.95. The monoisotopic (exact) mass is 300 g/mol. The van der Waals surface area contributed by atoms with E-state index in [0.29, 0.717) is 5.92 Å². The molecular formula is C19H28N2O. The first-order valence-corrected chi connectivity index (χ1v) is 8.51. The number of hydrogen-bond acceptors (Lipinski definition) is 1. The van der Waals surface area contributed by atoms with Gasteiger partial charge >= 0.3 is 6.03 Å². The van der Waals surface area contributed by atoms with Gasteiger partial charge in [0.25, 0.3) is 0 Å². The van der Waals surface area contributed by atoms with Crippen LogP contribution in [0.5, 0.6) is 0 Å². The number of benzene rings is 1. The number of allylic oxidation sites excluding steroid dienone is 1. The van der Waals surface area contributed by atoms with Crippen molar-refractivity contribution in [3.63, 3.8) is 0 Å². The van der Waals surface area contributed by atoms with E-state index in [9.17, 15) is 4.79 Å². The number of urea groups is 1. The lowest BCUT2D eigenvalue weighted by atomic mass is 9.89. The average molecular weight is 300 g/mol. The van der Waals surface area contributed by atoms with Gasteiger partial charge in [0, 0.05) is 6.20 Å². The summed E-state index contributed by atoms with van der Waals surface area (Å²) in [6.45, 7) is 4.15. The van der Waals surface area contributed by atoms with Gasteiger partial charge in [-0.05, 0) is 43.2 Å². The lowest BCUT2D eigenvalue weighted by Crippen LogP contribution is -2.34. The molecule has 1 aliphatic rings. The fraction of sp³-hybridized carbons (Fsp3) is 0.526. The van der Waals surface area contributed by atoms with Crippen molar-refractivity contribution >= 4 is 6.03 Å².